The molecule has 2 aromatic heterocycles. The van der Waals surface area contributed by atoms with Gasteiger partial charge in [0.15, 0.2) is 0 Å². The lowest BCUT2D eigenvalue weighted by Gasteiger charge is -2.38. The molecule has 1 amide bonds. The topological polar surface area (TPSA) is 63.5 Å². The van der Waals surface area contributed by atoms with E-state index in [-0.39, 0.29) is 24.3 Å². The van der Waals surface area contributed by atoms with Gasteiger partial charge < -0.3 is 14.5 Å². The van der Waals surface area contributed by atoms with Crippen LogP contribution in [0.2, 0.25) is 0 Å². The van der Waals surface area contributed by atoms with E-state index in [1.165, 1.54) is 18.5 Å². The van der Waals surface area contributed by atoms with E-state index in [4.69, 9.17) is 4.74 Å². The van der Waals surface area contributed by atoms with Crippen LogP contribution in [0.15, 0.2) is 54.2 Å². The van der Waals surface area contributed by atoms with Gasteiger partial charge in [0, 0.05) is 36.1 Å². The van der Waals surface area contributed by atoms with Crippen LogP contribution in [0.4, 0.5) is 8.78 Å². The minimum atomic E-state index is -0.693. The molecule has 0 spiro atoms. The van der Waals surface area contributed by atoms with Crippen LogP contribution in [0.25, 0.3) is 16.1 Å². The first kappa shape index (κ1) is 22.8. The van der Waals surface area contributed by atoms with Gasteiger partial charge in [0.1, 0.15) is 36.1 Å². The third-order valence-electron chi connectivity index (χ3n) is 6.92. The number of amides is 1. The van der Waals surface area contributed by atoms with Crippen molar-refractivity contribution in [2.24, 2.45) is 0 Å². The number of thiophene rings is 1. The highest BCUT2D eigenvalue weighted by Gasteiger charge is 2.32. The Morgan fingerprint density at radius 3 is 2.86 bits per heavy atom. The van der Waals surface area contributed by atoms with E-state index in [0.717, 1.165) is 52.9 Å². The summed E-state index contributed by atoms with van der Waals surface area (Å²) in [6.45, 7) is 2.56. The second kappa shape index (κ2) is 9.11. The number of halogens is 2. The summed E-state index contributed by atoms with van der Waals surface area (Å²) >= 11 is 1.60. The largest absolute Gasteiger partial charge is 0.492 e. The monoisotopic (exact) mass is 507 g/mol. The van der Waals surface area contributed by atoms with Crippen LogP contribution < -0.4 is 4.74 Å². The Labute approximate surface area is 210 Å². The maximum absolute atomic E-state index is 14.6. The van der Waals surface area contributed by atoms with Gasteiger partial charge in [-0.3, -0.25) is 9.36 Å². The quantitative estimate of drug-likeness (QED) is 0.387. The average molecular weight is 508 g/mol. The van der Waals surface area contributed by atoms with Crippen molar-refractivity contribution >= 4 is 17.7 Å². The lowest BCUT2D eigenvalue weighted by atomic mass is 9.95. The van der Waals surface area contributed by atoms with Crippen molar-refractivity contribution in [1.82, 2.24) is 24.6 Å². The van der Waals surface area contributed by atoms with Crippen LogP contribution in [0.3, 0.4) is 0 Å². The summed E-state index contributed by atoms with van der Waals surface area (Å²) in [5.41, 5.74) is 3.18. The molecule has 4 heterocycles. The van der Waals surface area contributed by atoms with Crippen molar-refractivity contribution in [3.8, 4) is 21.9 Å². The number of rotatable bonds is 4. The van der Waals surface area contributed by atoms with E-state index in [0.29, 0.717) is 12.4 Å². The van der Waals surface area contributed by atoms with E-state index >= 15 is 0 Å². The van der Waals surface area contributed by atoms with Gasteiger partial charge in [0.05, 0.1) is 17.6 Å². The molecule has 10 heteroatoms. The number of ether oxygens (including phenoxy) is 1. The summed E-state index contributed by atoms with van der Waals surface area (Å²) < 4.78 is 35.9. The molecule has 2 aliphatic rings. The summed E-state index contributed by atoms with van der Waals surface area (Å²) in [7, 11) is 2.06. The first-order valence-corrected chi connectivity index (χ1v) is 12.5. The summed E-state index contributed by atoms with van der Waals surface area (Å²) in [4.78, 5) is 16.8. The van der Waals surface area contributed by atoms with Crippen LogP contribution in [-0.2, 0) is 4.79 Å². The zero-order chi connectivity index (χ0) is 24.8. The third kappa shape index (κ3) is 3.86. The molecule has 2 atom stereocenters. The minimum Gasteiger partial charge on any atom is -0.492 e. The third-order valence-corrected chi connectivity index (χ3v) is 7.89. The van der Waals surface area contributed by atoms with Crippen molar-refractivity contribution in [1.29, 1.82) is 0 Å². The maximum atomic E-state index is 14.6. The number of nitrogens with zero attached hydrogens (tertiary/aromatic N) is 5. The molecule has 7 nitrogen and oxygen atoms in total. The highest BCUT2D eigenvalue weighted by atomic mass is 32.1. The molecule has 0 N–H and O–H groups in total. The van der Waals surface area contributed by atoms with Gasteiger partial charge in [-0.2, -0.15) is 0 Å². The van der Waals surface area contributed by atoms with E-state index in [2.05, 4.69) is 28.2 Å². The zero-order valence-electron chi connectivity index (χ0n) is 19.5. The van der Waals surface area contributed by atoms with Crippen LogP contribution >= 0.6 is 11.3 Å². The molecular formula is C26H23F2N5O2S. The number of piperazine rings is 1. The number of fused-ring (bicyclic) bond motifs is 3. The Morgan fingerprint density at radius 2 is 2.03 bits per heavy atom. The SMILES string of the molecule is CN1CCN(C=O)C(c2ccc3c(c2)-c2sccc2C(c2nncn2-c2ccc(F)cc2F)CO3)C1. The van der Waals surface area contributed by atoms with E-state index in [1.54, 1.807) is 15.9 Å². The van der Waals surface area contributed by atoms with Crippen molar-refractivity contribution < 1.29 is 18.3 Å². The molecule has 36 heavy (non-hydrogen) atoms. The van der Waals surface area contributed by atoms with Gasteiger partial charge in [0.2, 0.25) is 6.41 Å². The molecule has 0 aliphatic carbocycles. The van der Waals surface area contributed by atoms with Gasteiger partial charge in [-0.25, -0.2) is 8.78 Å². The first-order chi connectivity index (χ1) is 17.5. The number of carbonyl (C=O) groups excluding carboxylic acids is 1. The van der Waals surface area contributed by atoms with Crippen LogP contribution in [0.5, 0.6) is 5.75 Å². The lowest BCUT2D eigenvalue weighted by molar-refractivity contribution is -0.122. The first-order valence-electron chi connectivity index (χ1n) is 11.6. The van der Waals surface area contributed by atoms with E-state index in [9.17, 15) is 13.6 Å². The number of hydrogen-bond donors (Lipinski definition) is 0. The summed E-state index contributed by atoms with van der Waals surface area (Å²) in [6, 6.07) is 11.5. The molecule has 1 saturated heterocycles. The van der Waals surface area contributed by atoms with Crippen molar-refractivity contribution in [2.75, 3.05) is 33.3 Å². The van der Waals surface area contributed by atoms with Gasteiger partial charge >= 0.3 is 0 Å². The van der Waals surface area contributed by atoms with Crippen LogP contribution in [-0.4, -0.2) is 64.3 Å². The smallest absolute Gasteiger partial charge is 0.210 e. The molecule has 0 radical (unpaired) electrons. The van der Waals surface area contributed by atoms with Crippen LogP contribution in [0, 0.1) is 11.6 Å². The average Bonchev–Trinajstić information content (AvgIpc) is 3.52. The molecule has 6 rings (SSSR count). The number of aromatic nitrogens is 3. The molecular weight excluding hydrogens is 484 g/mol. The second-order valence-electron chi connectivity index (χ2n) is 9.10. The van der Waals surface area contributed by atoms with Gasteiger partial charge in [-0.15, -0.1) is 21.5 Å². The number of likely N-dealkylation sites (N-methyl/N-ethyl adjacent to an activating group) is 1. The van der Waals surface area contributed by atoms with Crippen molar-refractivity contribution in [2.45, 2.75) is 12.0 Å². The predicted octanol–water partition coefficient (Wildman–Crippen LogP) is 4.24. The fourth-order valence-corrected chi connectivity index (χ4v) is 6.03. The number of benzene rings is 2. The van der Waals surface area contributed by atoms with E-state index < -0.39 is 11.6 Å². The number of carbonyl (C=O) groups is 1. The molecule has 2 unspecified atom stereocenters. The molecule has 0 saturated carbocycles. The van der Waals surface area contributed by atoms with Gasteiger partial charge in [0.25, 0.3) is 0 Å². The summed E-state index contributed by atoms with van der Waals surface area (Å²) in [6.07, 6.45) is 2.36. The number of hydrogen-bond acceptors (Lipinski definition) is 6. The Balaban J connectivity index is 1.41. The van der Waals surface area contributed by atoms with Crippen LogP contribution in [0.1, 0.15) is 28.9 Å². The zero-order valence-corrected chi connectivity index (χ0v) is 20.3. The summed E-state index contributed by atoms with van der Waals surface area (Å²) in [5, 5.41) is 10.4. The fraction of sp³-hybridized carbons (Fsp3) is 0.269. The minimum absolute atomic E-state index is 0.0430. The lowest BCUT2D eigenvalue weighted by Crippen LogP contribution is -2.46. The molecule has 184 valence electrons. The fourth-order valence-electron chi connectivity index (χ4n) is 5.05. The maximum Gasteiger partial charge on any atom is 0.210 e. The van der Waals surface area contributed by atoms with Crippen molar-refractivity contribution in [3.63, 3.8) is 0 Å². The Morgan fingerprint density at radius 1 is 1.14 bits per heavy atom. The van der Waals surface area contributed by atoms with Crippen molar-refractivity contribution in [3.05, 3.63) is 82.8 Å². The Bertz CT molecular complexity index is 1440. The van der Waals surface area contributed by atoms with Gasteiger partial charge in [-0.1, -0.05) is 6.07 Å². The molecule has 0 bridgehead atoms. The Hall–Kier alpha value is -3.63. The standard InChI is InChI=1S/C26H23F2N5O2S/c1-31-7-8-32(15-34)23(12-31)16-2-5-24-19(10-16)25-18(6-9-36-25)20(13-35-24)26-30-29-14-33(26)22-4-3-17(27)11-21(22)28/h2-6,9-11,14-15,20,23H,7-8,12-13H2,1H3. The van der Waals surface area contributed by atoms with E-state index in [1.807, 2.05) is 28.5 Å². The van der Waals surface area contributed by atoms with Gasteiger partial charge in [-0.05, 0) is 53.9 Å². The molecule has 4 aromatic rings. The normalized spacial score (nSPS) is 19.8. The Kier molecular flexibility index (Phi) is 5.77. The highest BCUT2D eigenvalue weighted by molar-refractivity contribution is 7.13. The molecule has 1 fully saturated rings. The molecule has 2 aliphatic heterocycles. The summed E-state index contributed by atoms with van der Waals surface area (Å²) in [5.74, 6) is -0.407. The predicted molar refractivity (Wildman–Crippen MR) is 131 cm³/mol. The highest BCUT2D eigenvalue weighted by Crippen LogP contribution is 2.45. The molecule has 2 aromatic carbocycles. The second-order valence-corrected chi connectivity index (χ2v) is 10.0.